The lowest BCUT2D eigenvalue weighted by atomic mass is 10.1. The standard InChI is InChI=1S/C15H18N4/c16-11-14-4-1-3-13-5-9-19(15(13)14)8-2-7-18-10-6-17-12-18/h1,3-6,9-10,12H,2,7-8,11,16H2. The molecule has 3 rings (SSSR count). The molecular weight excluding hydrogens is 236 g/mol. The van der Waals surface area contributed by atoms with Gasteiger partial charge in [-0.2, -0.15) is 0 Å². The van der Waals surface area contributed by atoms with Crippen molar-refractivity contribution in [1.29, 1.82) is 0 Å². The summed E-state index contributed by atoms with van der Waals surface area (Å²) in [6, 6.07) is 8.47. The molecular formula is C15H18N4. The Bertz CT molecular complexity index is 652. The highest BCUT2D eigenvalue weighted by Gasteiger charge is 2.05. The highest BCUT2D eigenvalue weighted by molar-refractivity contribution is 5.83. The number of nitrogens with two attached hydrogens (primary N) is 1. The Balaban J connectivity index is 1.77. The van der Waals surface area contributed by atoms with Gasteiger partial charge < -0.3 is 14.9 Å². The fraction of sp³-hybridized carbons (Fsp3) is 0.267. The maximum absolute atomic E-state index is 5.82. The predicted octanol–water partition coefficient (Wildman–Crippen LogP) is 2.39. The van der Waals surface area contributed by atoms with Gasteiger partial charge in [0, 0.05) is 38.2 Å². The zero-order chi connectivity index (χ0) is 13.1. The summed E-state index contributed by atoms with van der Waals surface area (Å²) in [6.07, 6.45) is 8.91. The van der Waals surface area contributed by atoms with E-state index in [4.69, 9.17) is 5.73 Å². The molecule has 0 radical (unpaired) electrons. The van der Waals surface area contributed by atoms with Crippen LogP contribution in [0.3, 0.4) is 0 Å². The molecule has 4 nitrogen and oxygen atoms in total. The Kier molecular flexibility index (Phi) is 3.33. The van der Waals surface area contributed by atoms with Crippen molar-refractivity contribution in [1.82, 2.24) is 14.1 Å². The average Bonchev–Trinajstić information content (AvgIpc) is 3.08. The van der Waals surface area contributed by atoms with E-state index >= 15 is 0 Å². The summed E-state index contributed by atoms with van der Waals surface area (Å²) in [6.45, 7) is 2.58. The van der Waals surface area contributed by atoms with Gasteiger partial charge in [-0.15, -0.1) is 0 Å². The number of benzene rings is 1. The second-order valence-corrected chi connectivity index (χ2v) is 4.72. The van der Waals surface area contributed by atoms with Crippen LogP contribution in [0.1, 0.15) is 12.0 Å². The van der Waals surface area contributed by atoms with Crippen LogP contribution in [0.5, 0.6) is 0 Å². The first kappa shape index (κ1) is 12.0. The molecule has 0 aliphatic carbocycles. The molecule has 2 N–H and O–H groups in total. The molecule has 0 aliphatic rings. The van der Waals surface area contributed by atoms with E-state index in [0.29, 0.717) is 6.54 Å². The summed E-state index contributed by atoms with van der Waals surface area (Å²) in [5.41, 5.74) is 8.31. The maximum atomic E-state index is 5.82. The van der Waals surface area contributed by atoms with E-state index in [1.165, 1.54) is 16.5 Å². The minimum Gasteiger partial charge on any atom is -0.347 e. The van der Waals surface area contributed by atoms with Crippen LogP contribution in [0.4, 0.5) is 0 Å². The van der Waals surface area contributed by atoms with Crippen molar-refractivity contribution in [3.05, 3.63) is 54.7 Å². The normalized spacial score (nSPS) is 11.2. The van der Waals surface area contributed by atoms with Crippen LogP contribution in [-0.4, -0.2) is 14.1 Å². The van der Waals surface area contributed by atoms with Crippen molar-refractivity contribution in [3.63, 3.8) is 0 Å². The second kappa shape index (κ2) is 5.28. The highest BCUT2D eigenvalue weighted by Crippen LogP contribution is 2.20. The van der Waals surface area contributed by atoms with Gasteiger partial charge in [0.1, 0.15) is 0 Å². The molecule has 2 aromatic heterocycles. The summed E-state index contributed by atoms with van der Waals surface area (Å²) in [7, 11) is 0. The summed E-state index contributed by atoms with van der Waals surface area (Å²) in [4.78, 5) is 4.05. The number of rotatable bonds is 5. The summed E-state index contributed by atoms with van der Waals surface area (Å²) >= 11 is 0. The monoisotopic (exact) mass is 254 g/mol. The minimum absolute atomic E-state index is 0.586. The second-order valence-electron chi connectivity index (χ2n) is 4.72. The van der Waals surface area contributed by atoms with Crippen LogP contribution in [0.15, 0.2) is 49.2 Å². The Morgan fingerprint density at radius 2 is 2.05 bits per heavy atom. The van der Waals surface area contributed by atoms with Crippen LogP contribution in [0.25, 0.3) is 10.9 Å². The summed E-state index contributed by atoms with van der Waals surface area (Å²) in [5, 5.41) is 1.27. The predicted molar refractivity (Wildman–Crippen MR) is 76.7 cm³/mol. The van der Waals surface area contributed by atoms with Crippen LogP contribution >= 0.6 is 0 Å². The lowest BCUT2D eigenvalue weighted by Crippen LogP contribution is -2.05. The minimum atomic E-state index is 0.586. The number of aryl methyl sites for hydroxylation is 2. The molecule has 0 atom stereocenters. The molecule has 1 aromatic carbocycles. The highest BCUT2D eigenvalue weighted by atomic mass is 15.0. The SMILES string of the molecule is NCc1cccc2ccn(CCCn3ccnc3)c12. The molecule has 2 heterocycles. The van der Waals surface area contributed by atoms with Gasteiger partial charge in [-0.25, -0.2) is 4.98 Å². The number of nitrogens with zero attached hydrogens (tertiary/aromatic N) is 3. The van der Waals surface area contributed by atoms with Gasteiger partial charge in [-0.3, -0.25) is 0 Å². The van der Waals surface area contributed by atoms with Gasteiger partial charge in [0.05, 0.1) is 11.8 Å². The third-order valence-corrected chi connectivity index (χ3v) is 3.47. The van der Waals surface area contributed by atoms with E-state index < -0.39 is 0 Å². The Labute approximate surface area is 112 Å². The largest absolute Gasteiger partial charge is 0.347 e. The first-order chi connectivity index (χ1) is 9.38. The Hall–Kier alpha value is -2.07. The Morgan fingerprint density at radius 3 is 2.84 bits per heavy atom. The van der Waals surface area contributed by atoms with Gasteiger partial charge in [0.2, 0.25) is 0 Å². The first-order valence-electron chi connectivity index (χ1n) is 6.61. The lowest BCUT2D eigenvalue weighted by Gasteiger charge is -2.09. The van der Waals surface area contributed by atoms with E-state index in [0.717, 1.165) is 19.5 Å². The summed E-state index contributed by atoms with van der Waals surface area (Å²) in [5.74, 6) is 0. The number of aromatic nitrogens is 3. The number of hydrogen-bond acceptors (Lipinski definition) is 2. The molecule has 0 spiro atoms. The van der Waals surface area contributed by atoms with Gasteiger partial charge >= 0.3 is 0 Å². The molecule has 3 aromatic rings. The van der Waals surface area contributed by atoms with Crippen LogP contribution in [-0.2, 0) is 19.6 Å². The van der Waals surface area contributed by atoms with E-state index in [-0.39, 0.29) is 0 Å². The number of hydrogen-bond donors (Lipinski definition) is 1. The molecule has 0 saturated carbocycles. The van der Waals surface area contributed by atoms with E-state index in [2.05, 4.69) is 44.6 Å². The number of fused-ring (bicyclic) bond motifs is 1. The lowest BCUT2D eigenvalue weighted by molar-refractivity contribution is 0.572. The van der Waals surface area contributed by atoms with Crippen LogP contribution < -0.4 is 5.73 Å². The topological polar surface area (TPSA) is 48.8 Å². The zero-order valence-electron chi connectivity index (χ0n) is 10.9. The molecule has 0 unspecified atom stereocenters. The van der Waals surface area contributed by atoms with Crippen molar-refractivity contribution in [2.75, 3.05) is 0 Å². The fourth-order valence-electron chi connectivity index (χ4n) is 2.53. The van der Waals surface area contributed by atoms with Crippen molar-refractivity contribution < 1.29 is 0 Å². The molecule has 4 heteroatoms. The average molecular weight is 254 g/mol. The van der Waals surface area contributed by atoms with E-state index in [1.807, 2.05) is 18.7 Å². The maximum Gasteiger partial charge on any atom is 0.0945 e. The van der Waals surface area contributed by atoms with Gasteiger partial charge in [0.15, 0.2) is 0 Å². The first-order valence-corrected chi connectivity index (χ1v) is 6.61. The number of imidazole rings is 1. The van der Waals surface area contributed by atoms with Crippen LogP contribution in [0.2, 0.25) is 0 Å². The summed E-state index contributed by atoms with van der Waals surface area (Å²) < 4.78 is 4.41. The quantitative estimate of drug-likeness (QED) is 0.760. The van der Waals surface area contributed by atoms with Crippen molar-refractivity contribution in [3.8, 4) is 0 Å². The third-order valence-electron chi connectivity index (χ3n) is 3.47. The van der Waals surface area contributed by atoms with Gasteiger partial charge in [0.25, 0.3) is 0 Å². The van der Waals surface area contributed by atoms with Gasteiger partial charge in [-0.05, 0) is 23.4 Å². The van der Waals surface area contributed by atoms with E-state index in [9.17, 15) is 0 Å². The molecule has 0 aliphatic heterocycles. The van der Waals surface area contributed by atoms with E-state index in [1.54, 1.807) is 0 Å². The molecule has 0 amide bonds. The zero-order valence-corrected chi connectivity index (χ0v) is 10.9. The van der Waals surface area contributed by atoms with Crippen molar-refractivity contribution >= 4 is 10.9 Å². The molecule has 0 saturated heterocycles. The van der Waals surface area contributed by atoms with Gasteiger partial charge in [-0.1, -0.05) is 18.2 Å². The van der Waals surface area contributed by atoms with Crippen molar-refractivity contribution in [2.45, 2.75) is 26.1 Å². The van der Waals surface area contributed by atoms with Crippen LogP contribution in [0, 0.1) is 0 Å². The molecule has 98 valence electrons. The molecule has 0 fully saturated rings. The third kappa shape index (κ3) is 2.39. The molecule has 0 bridgehead atoms. The number of para-hydroxylation sites is 1. The smallest absolute Gasteiger partial charge is 0.0945 e. The Morgan fingerprint density at radius 1 is 1.11 bits per heavy atom. The van der Waals surface area contributed by atoms with Crippen molar-refractivity contribution in [2.24, 2.45) is 5.73 Å². The molecule has 19 heavy (non-hydrogen) atoms. The fourth-order valence-corrected chi connectivity index (χ4v) is 2.53.